The van der Waals surface area contributed by atoms with Crippen LogP contribution in [0, 0.1) is 6.92 Å². The first-order chi connectivity index (χ1) is 14.5. The molecule has 30 heavy (non-hydrogen) atoms. The van der Waals surface area contributed by atoms with Crippen LogP contribution in [0.1, 0.15) is 11.1 Å². The lowest BCUT2D eigenvalue weighted by atomic mass is 10.1. The molecule has 1 N–H and O–H groups in total. The van der Waals surface area contributed by atoms with Crippen molar-refractivity contribution in [3.8, 4) is 22.8 Å². The first kappa shape index (κ1) is 20.3. The van der Waals surface area contributed by atoms with E-state index in [-0.39, 0.29) is 11.4 Å². The molecular formula is C23H20N2O3S2. The van der Waals surface area contributed by atoms with E-state index in [0.29, 0.717) is 5.75 Å². The van der Waals surface area contributed by atoms with Gasteiger partial charge in [-0.05, 0) is 65.9 Å². The zero-order chi connectivity index (χ0) is 21.0. The Hall–Kier alpha value is -3.00. The van der Waals surface area contributed by atoms with Crippen molar-refractivity contribution < 1.29 is 13.2 Å². The van der Waals surface area contributed by atoms with Crippen LogP contribution in [0.25, 0.3) is 11.3 Å². The normalized spacial score (nSPS) is 11.4. The number of nitrogens with zero attached hydrogens (tertiary/aromatic N) is 1. The van der Waals surface area contributed by atoms with Crippen LogP contribution in [0.2, 0.25) is 0 Å². The second-order valence-corrected chi connectivity index (χ2v) is 9.23. The van der Waals surface area contributed by atoms with Crippen LogP contribution in [0.15, 0.2) is 88.6 Å². The maximum atomic E-state index is 12.8. The van der Waals surface area contributed by atoms with E-state index in [1.54, 1.807) is 47.9 Å². The van der Waals surface area contributed by atoms with Gasteiger partial charge in [-0.25, -0.2) is 13.1 Å². The average molecular weight is 437 g/mol. The summed E-state index contributed by atoms with van der Waals surface area (Å²) < 4.78 is 34.0. The summed E-state index contributed by atoms with van der Waals surface area (Å²) >= 11 is 1.58. The van der Waals surface area contributed by atoms with Crippen LogP contribution in [-0.2, 0) is 16.6 Å². The second kappa shape index (κ2) is 8.79. The van der Waals surface area contributed by atoms with E-state index >= 15 is 0 Å². The smallest absolute Gasteiger partial charge is 0.240 e. The van der Waals surface area contributed by atoms with Gasteiger partial charge in [0.25, 0.3) is 0 Å². The number of aryl methyl sites for hydroxylation is 1. The minimum absolute atomic E-state index is 0.156. The van der Waals surface area contributed by atoms with Gasteiger partial charge in [-0.1, -0.05) is 24.3 Å². The highest BCUT2D eigenvalue weighted by molar-refractivity contribution is 7.89. The molecule has 0 bridgehead atoms. The third kappa shape index (κ3) is 4.59. The quantitative estimate of drug-likeness (QED) is 0.422. The molecule has 2 aromatic carbocycles. The fourth-order valence-corrected chi connectivity index (χ4v) is 4.63. The minimum Gasteiger partial charge on any atom is -0.457 e. The molecule has 0 unspecified atom stereocenters. The Bertz CT molecular complexity index is 1240. The molecule has 0 radical (unpaired) electrons. The molecule has 5 nitrogen and oxygen atoms in total. The maximum absolute atomic E-state index is 12.8. The number of rotatable bonds is 7. The average Bonchev–Trinajstić information content (AvgIpc) is 3.29. The van der Waals surface area contributed by atoms with Gasteiger partial charge in [0.2, 0.25) is 10.0 Å². The third-order valence-corrected chi connectivity index (χ3v) is 6.69. The number of nitrogens with one attached hydrogen (secondary N) is 1. The Morgan fingerprint density at radius 2 is 1.80 bits per heavy atom. The standard InChI is InChI=1S/C23H20N2O3S2/c1-17-5-2-3-7-22(17)28-20-8-10-21(11-9-20)30(26,27)25-15-18-6-4-13-24-23(18)19-12-14-29-16-19/h2-14,16,25H,15H2,1H3. The van der Waals surface area contributed by atoms with Crippen LogP contribution < -0.4 is 9.46 Å². The number of hydrogen-bond acceptors (Lipinski definition) is 5. The molecule has 0 aliphatic rings. The molecule has 4 aromatic rings. The summed E-state index contributed by atoms with van der Waals surface area (Å²) in [5.74, 6) is 1.32. The second-order valence-electron chi connectivity index (χ2n) is 6.69. The van der Waals surface area contributed by atoms with Crippen molar-refractivity contribution in [3.63, 3.8) is 0 Å². The van der Waals surface area contributed by atoms with Crippen molar-refractivity contribution in [2.75, 3.05) is 0 Å². The van der Waals surface area contributed by atoms with Crippen molar-refractivity contribution in [2.45, 2.75) is 18.4 Å². The SMILES string of the molecule is Cc1ccccc1Oc1ccc(S(=O)(=O)NCc2cccnc2-c2ccsc2)cc1. The van der Waals surface area contributed by atoms with Crippen LogP contribution >= 0.6 is 11.3 Å². The Balaban J connectivity index is 1.48. The Kier molecular flexibility index (Phi) is 5.94. The van der Waals surface area contributed by atoms with E-state index in [4.69, 9.17) is 4.74 Å². The molecule has 0 saturated heterocycles. The number of sulfonamides is 1. The molecule has 2 aromatic heterocycles. The van der Waals surface area contributed by atoms with Crippen LogP contribution in [0.4, 0.5) is 0 Å². The van der Waals surface area contributed by atoms with Gasteiger partial charge >= 0.3 is 0 Å². The van der Waals surface area contributed by atoms with Gasteiger partial charge in [0, 0.05) is 23.7 Å². The first-order valence-corrected chi connectivity index (χ1v) is 11.8. The molecule has 0 amide bonds. The number of benzene rings is 2. The molecule has 0 saturated carbocycles. The number of ether oxygens (including phenoxy) is 1. The number of aromatic nitrogens is 1. The minimum atomic E-state index is -3.67. The van der Waals surface area contributed by atoms with Crippen molar-refractivity contribution in [1.82, 2.24) is 9.71 Å². The molecular weight excluding hydrogens is 416 g/mol. The first-order valence-electron chi connectivity index (χ1n) is 9.32. The van der Waals surface area contributed by atoms with E-state index < -0.39 is 10.0 Å². The van der Waals surface area contributed by atoms with Gasteiger partial charge in [0.05, 0.1) is 10.6 Å². The van der Waals surface area contributed by atoms with Gasteiger partial charge in [-0.2, -0.15) is 11.3 Å². The van der Waals surface area contributed by atoms with Crippen molar-refractivity contribution >= 4 is 21.4 Å². The number of pyridine rings is 1. The van der Waals surface area contributed by atoms with Crippen molar-refractivity contribution in [1.29, 1.82) is 0 Å². The Morgan fingerprint density at radius 3 is 2.53 bits per heavy atom. The molecule has 7 heteroatoms. The number of para-hydroxylation sites is 1. The van der Waals surface area contributed by atoms with E-state index in [1.165, 1.54) is 0 Å². The zero-order valence-electron chi connectivity index (χ0n) is 16.3. The van der Waals surface area contributed by atoms with Gasteiger partial charge in [-0.3, -0.25) is 4.98 Å². The summed E-state index contributed by atoms with van der Waals surface area (Å²) in [6, 6.07) is 19.7. The van der Waals surface area contributed by atoms with Crippen LogP contribution in [-0.4, -0.2) is 13.4 Å². The fourth-order valence-electron chi connectivity index (χ4n) is 2.98. The molecule has 4 rings (SSSR count). The lowest BCUT2D eigenvalue weighted by Gasteiger charge is -2.11. The summed E-state index contributed by atoms with van der Waals surface area (Å²) in [6.07, 6.45) is 1.71. The van der Waals surface area contributed by atoms with E-state index in [9.17, 15) is 8.42 Å². The van der Waals surface area contributed by atoms with Crippen LogP contribution in [0.3, 0.4) is 0 Å². The Labute approximate surface area is 180 Å². The lowest BCUT2D eigenvalue weighted by Crippen LogP contribution is -2.23. The highest BCUT2D eigenvalue weighted by Gasteiger charge is 2.16. The van der Waals surface area contributed by atoms with Gasteiger partial charge in [-0.15, -0.1) is 0 Å². The maximum Gasteiger partial charge on any atom is 0.240 e. The predicted octanol–water partition coefficient (Wildman–Crippen LogP) is 5.39. The van der Waals surface area contributed by atoms with Gasteiger partial charge in [0.15, 0.2) is 0 Å². The van der Waals surface area contributed by atoms with Crippen molar-refractivity contribution in [3.05, 3.63) is 94.8 Å². The summed E-state index contributed by atoms with van der Waals surface area (Å²) in [5, 5.41) is 3.96. The topological polar surface area (TPSA) is 68.3 Å². The van der Waals surface area contributed by atoms with Crippen LogP contribution in [0.5, 0.6) is 11.5 Å². The van der Waals surface area contributed by atoms with E-state index in [1.807, 2.05) is 54.1 Å². The van der Waals surface area contributed by atoms with Crippen molar-refractivity contribution in [2.24, 2.45) is 0 Å². The lowest BCUT2D eigenvalue weighted by molar-refractivity contribution is 0.478. The highest BCUT2D eigenvalue weighted by atomic mass is 32.2. The molecule has 0 atom stereocenters. The summed E-state index contributed by atoms with van der Waals surface area (Å²) in [5.41, 5.74) is 3.59. The largest absolute Gasteiger partial charge is 0.457 e. The summed E-state index contributed by atoms with van der Waals surface area (Å²) in [7, 11) is -3.67. The van der Waals surface area contributed by atoms with Gasteiger partial charge < -0.3 is 4.74 Å². The molecule has 2 heterocycles. The molecule has 152 valence electrons. The highest BCUT2D eigenvalue weighted by Crippen LogP contribution is 2.26. The third-order valence-electron chi connectivity index (χ3n) is 4.59. The Morgan fingerprint density at radius 1 is 1.00 bits per heavy atom. The fraction of sp³-hybridized carbons (Fsp3) is 0.0870. The number of thiophene rings is 1. The van der Waals surface area contributed by atoms with E-state index in [2.05, 4.69) is 9.71 Å². The molecule has 0 spiro atoms. The zero-order valence-corrected chi connectivity index (χ0v) is 17.9. The van der Waals surface area contributed by atoms with E-state index in [0.717, 1.165) is 28.1 Å². The monoisotopic (exact) mass is 436 g/mol. The predicted molar refractivity (Wildman–Crippen MR) is 119 cm³/mol. The summed E-state index contributed by atoms with van der Waals surface area (Å²) in [4.78, 5) is 4.59. The van der Waals surface area contributed by atoms with Gasteiger partial charge in [0.1, 0.15) is 11.5 Å². The number of hydrogen-bond donors (Lipinski definition) is 1. The molecule has 0 aliphatic heterocycles. The molecule has 0 fully saturated rings. The summed E-state index contributed by atoms with van der Waals surface area (Å²) in [6.45, 7) is 2.11. The molecule has 0 aliphatic carbocycles.